The summed E-state index contributed by atoms with van der Waals surface area (Å²) in [5.74, 6) is -0.332. The number of carbonyl (C=O) groups is 1. The summed E-state index contributed by atoms with van der Waals surface area (Å²) < 4.78 is 34.5. The lowest BCUT2D eigenvalue weighted by atomic mass is 9.83. The van der Waals surface area contributed by atoms with Crippen LogP contribution in [0.25, 0.3) is 10.9 Å². The molecule has 5 rings (SSSR count). The minimum absolute atomic E-state index is 0.115. The molecule has 1 aliphatic rings. The molecule has 8 nitrogen and oxygen atoms in total. The maximum Gasteiger partial charge on any atom is 0.337 e. The van der Waals surface area contributed by atoms with E-state index in [2.05, 4.69) is 33.7 Å². The van der Waals surface area contributed by atoms with Crippen LogP contribution in [0, 0.1) is 0 Å². The molecule has 0 fully saturated rings. The number of cyclic esters (lactones) is 1. The van der Waals surface area contributed by atoms with Crippen LogP contribution in [0.3, 0.4) is 0 Å². The van der Waals surface area contributed by atoms with Gasteiger partial charge in [0.1, 0.15) is 11.4 Å². The first-order valence-corrected chi connectivity index (χ1v) is 15.8. The first-order chi connectivity index (χ1) is 20.3. The fourth-order valence-corrected chi connectivity index (χ4v) is 6.43. The number of carbonyl (C=O) groups excluding carboxylic acids is 1. The Morgan fingerprint density at radius 1 is 0.929 bits per heavy atom. The number of esters is 1. The van der Waals surface area contributed by atoms with Crippen molar-refractivity contribution in [2.45, 2.75) is 69.0 Å². The largest absolute Gasteiger partial charge is 0.512 e. The Labute approximate surface area is 246 Å². The van der Waals surface area contributed by atoms with Crippen molar-refractivity contribution < 1.29 is 23.1 Å². The average molecular weight is 586 g/mol. The molecule has 2 heterocycles. The zero-order chi connectivity index (χ0) is 29.6. The van der Waals surface area contributed by atoms with Gasteiger partial charge < -0.3 is 9.84 Å². The van der Waals surface area contributed by atoms with Gasteiger partial charge in [0.05, 0.1) is 11.1 Å². The smallest absolute Gasteiger partial charge is 0.337 e. The highest BCUT2D eigenvalue weighted by Crippen LogP contribution is 2.38. The van der Waals surface area contributed by atoms with Crippen molar-refractivity contribution in [1.82, 2.24) is 9.97 Å². The predicted molar refractivity (Wildman–Crippen MR) is 162 cm³/mol. The Kier molecular flexibility index (Phi) is 8.87. The maximum atomic E-state index is 13.0. The highest BCUT2D eigenvalue weighted by molar-refractivity contribution is 7.92. The number of benzene rings is 3. The first kappa shape index (κ1) is 29.3. The molecule has 0 saturated carbocycles. The minimum Gasteiger partial charge on any atom is -0.512 e. The fraction of sp³-hybridized carbons (Fsp3) is 0.303. The van der Waals surface area contributed by atoms with Crippen molar-refractivity contribution >= 4 is 32.6 Å². The van der Waals surface area contributed by atoms with E-state index in [1.807, 2.05) is 36.4 Å². The van der Waals surface area contributed by atoms with Gasteiger partial charge in [-0.15, -0.1) is 0 Å². The molecule has 0 radical (unpaired) electrons. The van der Waals surface area contributed by atoms with Gasteiger partial charge in [-0.05, 0) is 67.9 Å². The molecule has 1 aromatic heterocycles. The lowest BCUT2D eigenvalue weighted by Gasteiger charge is -2.37. The van der Waals surface area contributed by atoms with Crippen LogP contribution in [0.4, 0.5) is 5.69 Å². The maximum absolute atomic E-state index is 13.0. The highest BCUT2D eigenvalue weighted by Gasteiger charge is 2.40. The van der Waals surface area contributed by atoms with Gasteiger partial charge in [-0.3, -0.25) is 4.72 Å². The Morgan fingerprint density at radius 2 is 1.69 bits per heavy atom. The van der Waals surface area contributed by atoms with Crippen LogP contribution < -0.4 is 4.72 Å². The van der Waals surface area contributed by atoms with Gasteiger partial charge in [0.15, 0.2) is 0 Å². The van der Waals surface area contributed by atoms with Gasteiger partial charge in [0, 0.05) is 23.7 Å². The van der Waals surface area contributed by atoms with Gasteiger partial charge in [-0.25, -0.2) is 14.8 Å². The van der Waals surface area contributed by atoms with Crippen LogP contribution in [0.5, 0.6) is 0 Å². The van der Waals surface area contributed by atoms with E-state index in [-0.39, 0.29) is 10.9 Å². The molecule has 4 aromatic rings. The van der Waals surface area contributed by atoms with Crippen molar-refractivity contribution in [3.8, 4) is 0 Å². The summed E-state index contributed by atoms with van der Waals surface area (Å²) in [4.78, 5) is 21.3. The number of aliphatic hydroxyl groups excluding tert-OH is 1. The summed E-state index contributed by atoms with van der Waals surface area (Å²) in [5, 5.41) is 11.4. The predicted octanol–water partition coefficient (Wildman–Crippen LogP) is 6.68. The van der Waals surface area contributed by atoms with E-state index in [0.717, 1.165) is 23.8 Å². The molecule has 9 heteroatoms. The third-order valence-corrected chi connectivity index (χ3v) is 8.77. The molecule has 1 unspecified atom stereocenters. The summed E-state index contributed by atoms with van der Waals surface area (Å²) in [6.07, 6.45) is 6.31. The number of sulfonamides is 1. The third kappa shape index (κ3) is 6.97. The zero-order valence-electron chi connectivity index (χ0n) is 23.6. The van der Waals surface area contributed by atoms with Crippen LogP contribution in [0.1, 0.15) is 56.6 Å². The number of nitrogens with one attached hydrogen (secondary N) is 1. The second-order valence-electron chi connectivity index (χ2n) is 10.8. The number of aryl methyl sites for hydroxylation is 2. The van der Waals surface area contributed by atoms with E-state index in [1.165, 1.54) is 11.8 Å². The van der Waals surface area contributed by atoms with Crippen LogP contribution in [0.15, 0.2) is 102 Å². The Bertz CT molecular complexity index is 1710. The second kappa shape index (κ2) is 12.7. The van der Waals surface area contributed by atoms with Gasteiger partial charge in [-0.2, -0.15) is 8.42 Å². The van der Waals surface area contributed by atoms with E-state index in [9.17, 15) is 18.3 Å². The Hall–Kier alpha value is -4.24. The summed E-state index contributed by atoms with van der Waals surface area (Å²) in [5.41, 5.74) is 2.63. The summed E-state index contributed by atoms with van der Waals surface area (Å²) >= 11 is 0. The molecule has 218 valence electrons. The van der Waals surface area contributed by atoms with E-state index in [0.29, 0.717) is 55.3 Å². The lowest BCUT2D eigenvalue weighted by Crippen LogP contribution is -2.40. The number of hydrogen-bond acceptors (Lipinski definition) is 7. The van der Waals surface area contributed by atoms with Gasteiger partial charge >= 0.3 is 5.97 Å². The van der Waals surface area contributed by atoms with Gasteiger partial charge in [0.25, 0.3) is 15.2 Å². The van der Waals surface area contributed by atoms with Gasteiger partial charge in [-0.1, -0.05) is 74.0 Å². The molecular formula is C33H35N3O5S. The Morgan fingerprint density at radius 3 is 2.48 bits per heavy atom. The van der Waals surface area contributed by atoms with Gasteiger partial charge in [0.2, 0.25) is 0 Å². The molecular weight excluding hydrogens is 550 g/mol. The highest BCUT2D eigenvalue weighted by atomic mass is 32.2. The van der Waals surface area contributed by atoms with Crippen molar-refractivity contribution in [3.05, 3.63) is 108 Å². The molecule has 42 heavy (non-hydrogen) atoms. The number of nitrogens with zero attached hydrogens (tertiary/aromatic N) is 2. The zero-order valence-corrected chi connectivity index (χ0v) is 24.4. The quantitative estimate of drug-likeness (QED) is 0.141. The fourth-order valence-electron chi connectivity index (χ4n) is 5.49. The van der Waals surface area contributed by atoms with Crippen molar-refractivity contribution in [2.24, 2.45) is 0 Å². The molecule has 0 bridgehead atoms. The average Bonchev–Trinajstić information content (AvgIpc) is 2.98. The van der Waals surface area contributed by atoms with E-state index in [1.54, 1.807) is 30.3 Å². The molecule has 0 saturated heterocycles. The number of para-hydroxylation sites is 1. The third-order valence-electron chi connectivity index (χ3n) is 7.59. The number of aromatic nitrogens is 2. The molecule has 0 amide bonds. The molecule has 0 aliphatic carbocycles. The summed E-state index contributed by atoms with van der Waals surface area (Å²) in [6, 6.07) is 24.3. The van der Waals surface area contributed by atoms with E-state index in [4.69, 9.17) is 4.74 Å². The van der Waals surface area contributed by atoms with Crippen molar-refractivity contribution in [3.63, 3.8) is 0 Å². The topological polar surface area (TPSA) is 118 Å². The molecule has 0 spiro atoms. The van der Waals surface area contributed by atoms with Crippen LogP contribution >= 0.6 is 0 Å². The minimum atomic E-state index is -3.99. The normalized spacial score (nSPS) is 17.3. The number of fused-ring (bicyclic) bond motifs is 1. The molecule has 2 N–H and O–H groups in total. The van der Waals surface area contributed by atoms with Crippen LogP contribution in [0.2, 0.25) is 0 Å². The van der Waals surface area contributed by atoms with E-state index >= 15 is 0 Å². The van der Waals surface area contributed by atoms with Crippen LogP contribution in [-0.2, 0) is 32.4 Å². The summed E-state index contributed by atoms with van der Waals surface area (Å²) in [6.45, 7) is 2.05. The van der Waals surface area contributed by atoms with E-state index < -0.39 is 21.6 Å². The standard InChI is InChI=1S/C33H35N3O5S/c1-2-19-33(20-18-24-10-4-3-5-11-24)22-30(37)28(31(38)41-33)16-9-13-25-12-8-15-27(21-25)36-42(39,40)32-34-23-26-14-6-7-17-29(26)35-32/h3-8,10-12,14-15,17,21,23,36-37H,2,9,13,16,18-20,22H2,1H3. The van der Waals surface area contributed by atoms with Crippen molar-refractivity contribution in [1.29, 1.82) is 0 Å². The van der Waals surface area contributed by atoms with Crippen molar-refractivity contribution in [2.75, 3.05) is 4.72 Å². The number of anilines is 1. The Balaban J connectivity index is 1.21. The second-order valence-corrected chi connectivity index (χ2v) is 12.4. The number of rotatable bonds is 12. The number of ether oxygens (including phenoxy) is 1. The van der Waals surface area contributed by atoms with Crippen LogP contribution in [-0.4, -0.2) is 35.1 Å². The summed E-state index contributed by atoms with van der Waals surface area (Å²) in [7, 11) is -3.99. The SMILES string of the molecule is CCCC1(CCc2ccccc2)CC(O)=C(CCCc2cccc(NS(=O)(=O)c3ncc4ccccc4n3)c2)C(=O)O1. The molecule has 3 aromatic carbocycles. The monoisotopic (exact) mass is 585 g/mol. The number of hydrogen-bond donors (Lipinski definition) is 2. The lowest BCUT2D eigenvalue weighted by molar-refractivity contribution is -0.161. The molecule has 1 aliphatic heterocycles. The first-order valence-electron chi connectivity index (χ1n) is 14.3. The number of aliphatic hydroxyl groups is 1. The molecule has 1 atom stereocenters.